The predicted molar refractivity (Wildman–Crippen MR) is 68.1 cm³/mol. The van der Waals surface area contributed by atoms with Crippen molar-refractivity contribution >= 4 is 5.90 Å². The molecule has 0 radical (unpaired) electrons. The molecule has 2 heterocycles. The van der Waals surface area contributed by atoms with E-state index in [1.54, 1.807) is 7.11 Å². The lowest BCUT2D eigenvalue weighted by Gasteiger charge is -2.07. The van der Waals surface area contributed by atoms with Gasteiger partial charge < -0.3 is 14.2 Å². The summed E-state index contributed by atoms with van der Waals surface area (Å²) in [7, 11) is 1.66. The van der Waals surface area contributed by atoms with E-state index in [1.807, 2.05) is 24.3 Å². The van der Waals surface area contributed by atoms with Crippen LogP contribution in [0.15, 0.2) is 29.3 Å². The summed E-state index contributed by atoms with van der Waals surface area (Å²) in [4.78, 5) is 4.54. The highest BCUT2D eigenvalue weighted by Crippen LogP contribution is 2.42. The summed E-state index contributed by atoms with van der Waals surface area (Å²) in [6.07, 6.45) is 0.0590. The molecule has 1 saturated heterocycles. The zero-order valence-corrected chi connectivity index (χ0v) is 10.8. The Labute approximate surface area is 107 Å². The van der Waals surface area contributed by atoms with E-state index in [4.69, 9.17) is 14.2 Å². The van der Waals surface area contributed by atoms with Gasteiger partial charge >= 0.3 is 0 Å². The first-order valence-electron chi connectivity index (χ1n) is 6.11. The quantitative estimate of drug-likeness (QED) is 0.770. The summed E-state index contributed by atoms with van der Waals surface area (Å²) < 4.78 is 16.4. The lowest BCUT2D eigenvalue weighted by molar-refractivity contribution is 0.266. The van der Waals surface area contributed by atoms with E-state index in [0.717, 1.165) is 17.2 Å². The zero-order valence-electron chi connectivity index (χ0n) is 10.8. The second-order valence-corrected chi connectivity index (χ2v) is 5.30. The first-order valence-corrected chi connectivity index (χ1v) is 6.11. The third-order valence-electron chi connectivity index (χ3n) is 3.17. The predicted octanol–water partition coefficient (Wildman–Crippen LogP) is 2.34. The number of aliphatic imine (C=N–C) groups is 1. The standard InChI is InChI=1S/C14H17NO3/c1-14(2)8-17-13(15-14)12-11(18-12)9-4-6-10(16-3)7-5-9/h4-7,11-12H,8H2,1-3H3/t11-,12+/m0/s1. The normalized spacial score (nSPS) is 28.5. The molecule has 2 atom stereocenters. The van der Waals surface area contributed by atoms with Crippen molar-refractivity contribution in [3.63, 3.8) is 0 Å². The van der Waals surface area contributed by atoms with E-state index in [-0.39, 0.29) is 17.7 Å². The number of epoxide rings is 1. The van der Waals surface area contributed by atoms with E-state index >= 15 is 0 Å². The molecule has 0 bridgehead atoms. The number of hydrogen-bond donors (Lipinski definition) is 0. The van der Waals surface area contributed by atoms with Crippen LogP contribution in [-0.4, -0.2) is 31.3 Å². The van der Waals surface area contributed by atoms with Gasteiger partial charge in [0.15, 0.2) is 6.10 Å². The molecule has 0 aliphatic carbocycles. The molecule has 0 unspecified atom stereocenters. The highest BCUT2D eigenvalue weighted by Gasteiger charge is 2.48. The average molecular weight is 247 g/mol. The highest BCUT2D eigenvalue weighted by atomic mass is 16.6. The molecule has 0 N–H and O–H groups in total. The Balaban J connectivity index is 1.70. The molecule has 18 heavy (non-hydrogen) atoms. The van der Waals surface area contributed by atoms with Crippen molar-refractivity contribution in [2.75, 3.05) is 13.7 Å². The maximum Gasteiger partial charge on any atom is 0.217 e. The van der Waals surface area contributed by atoms with Crippen LogP contribution >= 0.6 is 0 Å². The van der Waals surface area contributed by atoms with Gasteiger partial charge in [-0.05, 0) is 31.5 Å². The monoisotopic (exact) mass is 247 g/mol. The molecule has 2 aliphatic rings. The Morgan fingerprint density at radius 2 is 1.94 bits per heavy atom. The van der Waals surface area contributed by atoms with E-state index < -0.39 is 0 Å². The molecule has 96 valence electrons. The molecular weight excluding hydrogens is 230 g/mol. The van der Waals surface area contributed by atoms with Crippen LogP contribution in [0.3, 0.4) is 0 Å². The Bertz CT molecular complexity index is 478. The SMILES string of the molecule is COc1ccc([C@@H]2O[C@H]2C2=NC(C)(C)CO2)cc1. The molecule has 4 nitrogen and oxygen atoms in total. The fourth-order valence-electron chi connectivity index (χ4n) is 2.11. The molecule has 1 aromatic rings. The van der Waals surface area contributed by atoms with E-state index in [1.165, 1.54) is 0 Å². The topological polar surface area (TPSA) is 43.3 Å². The Hall–Kier alpha value is -1.55. The summed E-state index contributed by atoms with van der Waals surface area (Å²) in [6, 6.07) is 7.92. The lowest BCUT2D eigenvalue weighted by atomic mass is 10.1. The zero-order chi connectivity index (χ0) is 12.8. The summed E-state index contributed by atoms with van der Waals surface area (Å²) >= 11 is 0. The van der Waals surface area contributed by atoms with Crippen LogP contribution in [0.1, 0.15) is 25.5 Å². The summed E-state index contributed by atoms with van der Waals surface area (Å²) in [5, 5.41) is 0. The average Bonchev–Trinajstić information content (AvgIpc) is 3.08. The maximum absolute atomic E-state index is 5.66. The summed E-state index contributed by atoms with van der Waals surface area (Å²) in [5.41, 5.74) is 1.02. The Morgan fingerprint density at radius 3 is 2.50 bits per heavy atom. The first-order chi connectivity index (χ1) is 8.59. The van der Waals surface area contributed by atoms with Gasteiger partial charge in [0.25, 0.3) is 0 Å². The minimum absolute atomic E-state index is 0.0137. The minimum Gasteiger partial charge on any atom is -0.497 e. The highest BCUT2D eigenvalue weighted by molar-refractivity contribution is 5.85. The number of methoxy groups -OCH3 is 1. The molecule has 3 rings (SSSR count). The van der Waals surface area contributed by atoms with Crippen molar-refractivity contribution in [2.24, 2.45) is 4.99 Å². The summed E-state index contributed by atoms with van der Waals surface area (Å²) in [6.45, 7) is 4.76. The number of benzene rings is 1. The van der Waals surface area contributed by atoms with Crippen molar-refractivity contribution in [1.82, 2.24) is 0 Å². The molecule has 0 spiro atoms. The van der Waals surface area contributed by atoms with Gasteiger partial charge in [0.05, 0.1) is 12.6 Å². The van der Waals surface area contributed by atoms with Crippen LogP contribution < -0.4 is 4.74 Å². The van der Waals surface area contributed by atoms with Gasteiger partial charge in [-0.15, -0.1) is 0 Å². The second-order valence-electron chi connectivity index (χ2n) is 5.30. The van der Waals surface area contributed by atoms with Crippen molar-refractivity contribution in [3.05, 3.63) is 29.8 Å². The minimum atomic E-state index is -0.119. The van der Waals surface area contributed by atoms with Crippen LogP contribution in [-0.2, 0) is 9.47 Å². The summed E-state index contributed by atoms with van der Waals surface area (Å²) in [5.74, 6) is 1.59. The van der Waals surface area contributed by atoms with Crippen molar-refractivity contribution in [3.8, 4) is 5.75 Å². The van der Waals surface area contributed by atoms with Crippen molar-refractivity contribution in [1.29, 1.82) is 0 Å². The lowest BCUT2D eigenvalue weighted by Crippen LogP contribution is -2.17. The van der Waals surface area contributed by atoms with E-state index in [0.29, 0.717) is 6.61 Å². The van der Waals surface area contributed by atoms with Gasteiger partial charge in [-0.25, -0.2) is 4.99 Å². The molecule has 1 fully saturated rings. The third kappa shape index (κ3) is 2.08. The van der Waals surface area contributed by atoms with Crippen LogP contribution in [0.2, 0.25) is 0 Å². The van der Waals surface area contributed by atoms with Gasteiger partial charge in [-0.1, -0.05) is 12.1 Å². The van der Waals surface area contributed by atoms with Crippen molar-refractivity contribution in [2.45, 2.75) is 31.6 Å². The van der Waals surface area contributed by atoms with Gasteiger partial charge in [0.1, 0.15) is 18.5 Å². The number of hydrogen-bond acceptors (Lipinski definition) is 4. The van der Waals surface area contributed by atoms with Crippen LogP contribution in [0.25, 0.3) is 0 Å². The van der Waals surface area contributed by atoms with E-state index in [9.17, 15) is 0 Å². The first kappa shape index (κ1) is 11.5. The fourth-order valence-corrected chi connectivity index (χ4v) is 2.11. The van der Waals surface area contributed by atoms with Crippen LogP contribution in [0.5, 0.6) is 5.75 Å². The smallest absolute Gasteiger partial charge is 0.217 e. The van der Waals surface area contributed by atoms with Gasteiger partial charge in [0, 0.05) is 0 Å². The molecule has 2 aliphatic heterocycles. The second kappa shape index (κ2) is 3.99. The largest absolute Gasteiger partial charge is 0.497 e. The molecule has 0 saturated carbocycles. The third-order valence-corrected chi connectivity index (χ3v) is 3.17. The number of rotatable bonds is 3. The molecule has 0 amide bonds. The maximum atomic E-state index is 5.66. The van der Waals surface area contributed by atoms with Crippen molar-refractivity contribution < 1.29 is 14.2 Å². The molecule has 4 heteroatoms. The number of nitrogens with zero attached hydrogens (tertiary/aromatic N) is 1. The van der Waals surface area contributed by atoms with Gasteiger partial charge in [0.2, 0.25) is 5.90 Å². The molecular formula is C14H17NO3. The Kier molecular flexibility index (Phi) is 2.55. The molecule has 1 aromatic carbocycles. The Morgan fingerprint density at radius 1 is 1.22 bits per heavy atom. The fraction of sp³-hybridized carbons (Fsp3) is 0.500. The van der Waals surface area contributed by atoms with Crippen LogP contribution in [0, 0.1) is 0 Å². The van der Waals surface area contributed by atoms with Gasteiger partial charge in [-0.3, -0.25) is 0 Å². The van der Waals surface area contributed by atoms with Crippen LogP contribution in [0.4, 0.5) is 0 Å². The van der Waals surface area contributed by atoms with Gasteiger partial charge in [-0.2, -0.15) is 0 Å². The van der Waals surface area contributed by atoms with E-state index in [2.05, 4.69) is 18.8 Å². The number of ether oxygens (including phenoxy) is 3. The molecule has 0 aromatic heterocycles.